The number of benzene rings is 1. The van der Waals surface area contributed by atoms with Crippen LogP contribution in [0, 0.1) is 5.92 Å². The summed E-state index contributed by atoms with van der Waals surface area (Å²) in [5, 5.41) is 6.34. The summed E-state index contributed by atoms with van der Waals surface area (Å²) in [5.74, 6) is 0.341. The van der Waals surface area contributed by atoms with E-state index in [2.05, 4.69) is 23.6 Å². The third-order valence-corrected chi connectivity index (χ3v) is 3.37. The Morgan fingerprint density at radius 2 is 2.06 bits per heavy atom. The number of anilines is 1. The van der Waals surface area contributed by atoms with Crippen LogP contribution in [0.3, 0.4) is 0 Å². The fraction of sp³-hybridized carbons (Fsp3) is 0.500. The zero-order valence-corrected chi connectivity index (χ0v) is 10.3. The standard InChI is InChI=1S/C14H20N2O/c1-2-11-5-3-4-6-13(11)16-14(17)12-7-9-15-10-8-12/h3-6,12,15H,2,7-10H2,1H3,(H,16,17). The Morgan fingerprint density at radius 1 is 1.35 bits per heavy atom. The van der Waals surface area contributed by atoms with Gasteiger partial charge in [0, 0.05) is 11.6 Å². The zero-order valence-electron chi connectivity index (χ0n) is 10.3. The zero-order chi connectivity index (χ0) is 12.1. The highest BCUT2D eigenvalue weighted by atomic mass is 16.1. The first-order valence-electron chi connectivity index (χ1n) is 6.40. The Labute approximate surface area is 103 Å². The summed E-state index contributed by atoms with van der Waals surface area (Å²) >= 11 is 0. The molecule has 2 N–H and O–H groups in total. The molecule has 1 aliphatic rings. The van der Waals surface area contributed by atoms with Crippen molar-refractivity contribution in [1.82, 2.24) is 5.32 Å². The molecule has 1 saturated heterocycles. The summed E-state index contributed by atoms with van der Waals surface area (Å²) in [6, 6.07) is 8.03. The molecule has 17 heavy (non-hydrogen) atoms. The van der Waals surface area contributed by atoms with Gasteiger partial charge in [-0.1, -0.05) is 25.1 Å². The molecule has 3 nitrogen and oxygen atoms in total. The normalized spacial score (nSPS) is 16.8. The number of para-hydroxylation sites is 1. The van der Waals surface area contributed by atoms with Crippen molar-refractivity contribution in [3.63, 3.8) is 0 Å². The third-order valence-electron chi connectivity index (χ3n) is 3.37. The largest absolute Gasteiger partial charge is 0.326 e. The number of rotatable bonds is 3. The number of carbonyl (C=O) groups is 1. The second-order valence-electron chi connectivity index (χ2n) is 4.52. The second-order valence-corrected chi connectivity index (χ2v) is 4.52. The summed E-state index contributed by atoms with van der Waals surface area (Å²) in [6.45, 7) is 4.01. The number of carbonyl (C=O) groups excluding carboxylic acids is 1. The maximum absolute atomic E-state index is 12.1. The van der Waals surface area contributed by atoms with Crippen LogP contribution in [0.5, 0.6) is 0 Å². The molecule has 1 fully saturated rings. The van der Waals surface area contributed by atoms with Crippen LogP contribution < -0.4 is 10.6 Å². The molecule has 0 spiro atoms. The molecule has 2 rings (SSSR count). The Balaban J connectivity index is 2.01. The van der Waals surface area contributed by atoms with Gasteiger partial charge in [-0.05, 0) is 44.0 Å². The van der Waals surface area contributed by atoms with E-state index < -0.39 is 0 Å². The number of hydrogen-bond acceptors (Lipinski definition) is 2. The molecule has 3 heteroatoms. The maximum atomic E-state index is 12.1. The van der Waals surface area contributed by atoms with Gasteiger partial charge in [0.05, 0.1) is 0 Å². The molecule has 0 radical (unpaired) electrons. The topological polar surface area (TPSA) is 41.1 Å². The van der Waals surface area contributed by atoms with E-state index in [4.69, 9.17) is 0 Å². The molecular weight excluding hydrogens is 212 g/mol. The average Bonchev–Trinajstić information content (AvgIpc) is 2.40. The Kier molecular flexibility index (Phi) is 4.15. The first-order chi connectivity index (χ1) is 8.31. The molecule has 92 valence electrons. The van der Waals surface area contributed by atoms with Gasteiger partial charge in [-0.3, -0.25) is 4.79 Å². The van der Waals surface area contributed by atoms with Gasteiger partial charge < -0.3 is 10.6 Å². The maximum Gasteiger partial charge on any atom is 0.227 e. The van der Waals surface area contributed by atoms with Crippen molar-refractivity contribution in [3.05, 3.63) is 29.8 Å². The molecule has 1 aromatic carbocycles. The van der Waals surface area contributed by atoms with Gasteiger partial charge in [-0.2, -0.15) is 0 Å². The Bertz CT molecular complexity index is 384. The SMILES string of the molecule is CCc1ccccc1NC(=O)C1CCNCC1. The Hall–Kier alpha value is -1.35. The lowest BCUT2D eigenvalue weighted by Gasteiger charge is -2.22. The van der Waals surface area contributed by atoms with E-state index in [0.717, 1.165) is 38.0 Å². The van der Waals surface area contributed by atoms with Gasteiger partial charge in [0.25, 0.3) is 0 Å². The highest BCUT2D eigenvalue weighted by Crippen LogP contribution is 2.19. The fourth-order valence-corrected chi connectivity index (χ4v) is 2.27. The molecule has 0 unspecified atom stereocenters. The predicted octanol–water partition coefficient (Wildman–Crippen LogP) is 2.19. The first-order valence-corrected chi connectivity index (χ1v) is 6.40. The van der Waals surface area contributed by atoms with Crippen LogP contribution in [0.2, 0.25) is 0 Å². The van der Waals surface area contributed by atoms with Crippen molar-refractivity contribution in [2.45, 2.75) is 26.2 Å². The van der Waals surface area contributed by atoms with E-state index >= 15 is 0 Å². The van der Waals surface area contributed by atoms with Crippen LogP contribution in [0.25, 0.3) is 0 Å². The van der Waals surface area contributed by atoms with Gasteiger partial charge in [0.2, 0.25) is 5.91 Å². The summed E-state index contributed by atoms with van der Waals surface area (Å²) in [6.07, 6.45) is 2.84. The second kappa shape index (κ2) is 5.82. The predicted molar refractivity (Wildman–Crippen MR) is 70.0 cm³/mol. The molecule has 0 saturated carbocycles. The van der Waals surface area contributed by atoms with Gasteiger partial charge in [-0.25, -0.2) is 0 Å². The lowest BCUT2D eigenvalue weighted by atomic mass is 9.97. The smallest absolute Gasteiger partial charge is 0.227 e. The van der Waals surface area contributed by atoms with Crippen molar-refractivity contribution in [1.29, 1.82) is 0 Å². The molecule has 1 heterocycles. The molecular formula is C14H20N2O. The minimum atomic E-state index is 0.168. The van der Waals surface area contributed by atoms with Crippen molar-refractivity contribution in [2.75, 3.05) is 18.4 Å². The number of aryl methyl sites for hydroxylation is 1. The summed E-state index contributed by atoms with van der Waals surface area (Å²) < 4.78 is 0. The minimum Gasteiger partial charge on any atom is -0.326 e. The van der Waals surface area contributed by atoms with E-state index in [1.165, 1.54) is 5.56 Å². The van der Waals surface area contributed by atoms with Crippen LogP contribution >= 0.6 is 0 Å². The third kappa shape index (κ3) is 3.07. The van der Waals surface area contributed by atoms with Crippen molar-refractivity contribution < 1.29 is 4.79 Å². The molecule has 0 aliphatic carbocycles. The summed E-state index contributed by atoms with van der Waals surface area (Å²) in [5.41, 5.74) is 2.17. The minimum absolute atomic E-state index is 0.168. The molecule has 1 aromatic rings. The van der Waals surface area contributed by atoms with E-state index in [9.17, 15) is 4.79 Å². The molecule has 0 aromatic heterocycles. The van der Waals surface area contributed by atoms with E-state index in [0.29, 0.717) is 0 Å². The molecule has 1 amide bonds. The van der Waals surface area contributed by atoms with Crippen molar-refractivity contribution in [2.24, 2.45) is 5.92 Å². The van der Waals surface area contributed by atoms with Gasteiger partial charge in [-0.15, -0.1) is 0 Å². The highest BCUT2D eigenvalue weighted by molar-refractivity contribution is 5.93. The van der Waals surface area contributed by atoms with Crippen LogP contribution in [-0.2, 0) is 11.2 Å². The number of piperidine rings is 1. The van der Waals surface area contributed by atoms with Gasteiger partial charge >= 0.3 is 0 Å². The van der Waals surface area contributed by atoms with Crippen LogP contribution in [0.4, 0.5) is 5.69 Å². The van der Waals surface area contributed by atoms with E-state index in [-0.39, 0.29) is 11.8 Å². The summed E-state index contributed by atoms with van der Waals surface area (Å²) in [4.78, 5) is 12.1. The lowest BCUT2D eigenvalue weighted by molar-refractivity contribution is -0.120. The quantitative estimate of drug-likeness (QED) is 0.838. The lowest BCUT2D eigenvalue weighted by Crippen LogP contribution is -2.34. The number of amides is 1. The Morgan fingerprint density at radius 3 is 2.76 bits per heavy atom. The van der Waals surface area contributed by atoms with Gasteiger partial charge in [0.15, 0.2) is 0 Å². The average molecular weight is 232 g/mol. The van der Waals surface area contributed by atoms with Crippen molar-refractivity contribution >= 4 is 11.6 Å². The first kappa shape index (κ1) is 12.1. The van der Waals surface area contributed by atoms with Crippen LogP contribution in [0.15, 0.2) is 24.3 Å². The van der Waals surface area contributed by atoms with Crippen LogP contribution in [0.1, 0.15) is 25.3 Å². The monoisotopic (exact) mass is 232 g/mol. The van der Waals surface area contributed by atoms with E-state index in [1.807, 2.05) is 18.2 Å². The highest BCUT2D eigenvalue weighted by Gasteiger charge is 2.21. The van der Waals surface area contributed by atoms with Crippen molar-refractivity contribution in [3.8, 4) is 0 Å². The number of hydrogen-bond donors (Lipinski definition) is 2. The summed E-state index contributed by atoms with van der Waals surface area (Å²) in [7, 11) is 0. The molecule has 1 aliphatic heterocycles. The molecule has 0 atom stereocenters. The fourth-order valence-electron chi connectivity index (χ4n) is 2.27. The van der Waals surface area contributed by atoms with Crippen LogP contribution in [-0.4, -0.2) is 19.0 Å². The molecule has 0 bridgehead atoms. The number of nitrogens with one attached hydrogen (secondary N) is 2. The van der Waals surface area contributed by atoms with Gasteiger partial charge in [0.1, 0.15) is 0 Å². The van der Waals surface area contributed by atoms with E-state index in [1.54, 1.807) is 0 Å².